The van der Waals surface area contributed by atoms with Gasteiger partial charge in [-0.15, -0.1) is 0 Å². The zero-order valence-corrected chi connectivity index (χ0v) is 18.6. The van der Waals surface area contributed by atoms with Crippen LogP contribution in [-0.4, -0.2) is 31.5 Å². The number of amides is 1. The summed E-state index contributed by atoms with van der Waals surface area (Å²) < 4.78 is 27.6. The van der Waals surface area contributed by atoms with Crippen LogP contribution in [0.2, 0.25) is 0 Å². The Labute approximate surface area is 174 Å². The van der Waals surface area contributed by atoms with Gasteiger partial charge >= 0.3 is 10.1 Å². The van der Waals surface area contributed by atoms with Crippen molar-refractivity contribution in [1.29, 1.82) is 0 Å². The second kappa shape index (κ2) is 7.60. The van der Waals surface area contributed by atoms with Crippen LogP contribution in [0.1, 0.15) is 64.4 Å². The first-order valence-electron chi connectivity index (χ1n) is 11.0. The molecule has 4 bridgehead atoms. The Morgan fingerprint density at radius 3 is 2.07 bits per heavy atom. The first-order valence-corrected chi connectivity index (χ1v) is 12.8. The maximum absolute atomic E-state index is 13.9. The van der Waals surface area contributed by atoms with Gasteiger partial charge in [0.05, 0.1) is 11.7 Å². The molecule has 0 aromatic heterocycles. The Balaban J connectivity index is 1.53. The summed E-state index contributed by atoms with van der Waals surface area (Å²) in [6, 6.07) is 7.24. The smallest absolute Gasteiger partial charge is 0.306 e. The first-order chi connectivity index (χ1) is 13.7. The highest BCUT2D eigenvalue weighted by molar-refractivity contribution is 7.86. The Morgan fingerprint density at radius 1 is 1.10 bits per heavy atom. The van der Waals surface area contributed by atoms with E-state index in [1.807, 2.05) is 12.1 Å². The molecule has 5 rings (SSSR count). The van der Waals surface area contributed by atoms with Crippen molar-refractivity contribution in [1.82, 2.24) is 4.90 Å². The first kappa shape index (κ1) is 20.7. The molecule has 4 aliphatic rings. The van der Waals surface area contributed by atoms with Gasteiger partial charge in [0.1, 0.15) is 5.75 Å². The average molecular weight is 420 g/mol. The number of benzene rings is 1. The predicted octanol–water partition coefficient (Wildman–Crippen LogP) is 4.37. The van der Waals surface area contributed by atoms with Gasteiger partial charge in [-0.2, -0.15) is 8.42 Å². The molecule has 6 heteroatoms. The lowest BCUT2D eigenvalue weighted by Crippen LogP contribution is -2.55. The lowest BCUT2D eigenvalue weighted by molar-refractivity contribution is -0.160. The van der Waals surface area contributed by atoms with Crippen LogP contribution >= 0.6 is 0 Å². The van der Waals surface area contributed by atoms with Crippen molar-refractivity contribution in [2.24, 2.45) is 23.2 Å². The van der Waals surface area contributed by atoms with Crippen molar-refractivity contribution in [3.05, 3.63) is 29.8 Å². The van der Waals surface area contributed by atoms with Crippen molar-refractivity contribution < 1.29 is 17.4 Å². The second-order valence-electron chi connectivity index (χ2n) is 9.82. The topological polar surface area (TPSA) is 63.7 Å². The van der Waals surface area contributed by atoms with E-state index in [0.29, 0.717) is 18.2 Å². The van der Waals surface area contributed by atoms with Gasteiger partial charge < -0.3 is 9.08 Å². The fourth-order valence-electron chi connectivity index (χ4n) is 6.35. The molecule has 5 nitrogen and oxygen atoms in total. The molecule has 1 aromatic rings. The van der Waals surface area contributed by atoms with Crippen LogP contribution in [0.15, 0.2) is 24.3 Å². The minimum Gasteiger partial charge on any atom is -0.383 e. The van der Waals surface area contributed by atoms with Crippen LogP contribution in [0.4, 0.5) is 0 Å². The van der Waals surface area contributed by atoms with Crippen LogP contribution in [-0.2, 0) is 21.5 Å². The highest BCUT2D eigenvalue weighted by atomic mass is 32.2. The maximum atomic E-state index is 13.9. The highest BCUT2D eigenvalue weighted by Gasteiger charge is 2.55. The fraction of sp³-hybridized carbons (Fsp3) is 0.696. The molecule has 0 saturated heterocycles. The Kier molecular flexibility index (Phi) is 5.43. The largest absolute Gasteiger partial charge is 0.383 e. The molecule has 160 valence electrons. The summed E-state index contributed by atoms with van der Waals surface area (Å²) in [6.45, 7) is 4.84. The molecule has 0 radical (unpaired) electrons. The number of nitrogens with zero attached hydrogens (tertiary/aromatic N) is 1. The van der Waals surface area contributed by atoms with E-state index in [0.717, 1.165) is 55.3 Å². The van der Waals surface area contributed by atoms with Crippen LogP contribution in [0, 0.1) is 23.2 Å². The summed E-state index contributed by atoms with van der Waals surface area (Å²) in [5, 5.41) is 0. The minimum atomic E-state index is -3.53. The molecule has 29 heavy (non-hydrogen) atoms. The fourth-order valence-corrected chi connectivity index (χ4v) is 6.81. The molecule has 0 spiro atoms. The Hall–Kier alpha value is -1.56. The van der Waals surface area contributed by atoms with Crippen molar-refractivity contribution in [3.63, 3.8) is 0 Å². The van der Waals surface area contributed by atoms with Gasteiger partial charge in [-0.05, 0) is 87.3 Å². The third kappa shape index (κ3) is 4.32. The van der Waals surface area contributed by atoms with Gasteiger partial charge in [0, 0.05) is 12.6 Å². The zero-order valence-electron chi connectivity index (χ0n) is 17.8. The standard InChI is InChI=1S/C23H33NO4S/c1-4-16(2)24(15-17-5-7-21(8-6-17)28-29(3,26)27)22(25)23-12-18-9-19(13-23)11-20(10-18)14-23/h5-8,16,18-20H,4,9-15H2,1-3H3/t16-,18?,19?,20?,23?/m1/s1. The summed E-state index contributed by atoms with van der Waals surface area (Å²) >= 11 is 0. The van der Waals surface area contributed by atoms with Crippen LogP contribution in [0.5, 0.6) is 5.75 Å². The monoisotopic (exact) mass is 419 g/mol. The number of carbonyl (C=O) groups is 1. The third-order valence-electron chi connectivity index (χ3n) is 7.40. The summed E-state index contributed by atoms with van der Waals surface area (Å²) in [5.74, 6) is 2.89. The maximum Gasteiger partial charge on any atom is 0.306 e. The molecular weight excluding hydrogens is 386 g/mol. The van der Waals surface area contributed by atoms with E-state index in [-0.39, 0.29) is 11.5 Å². The molecule has 1 amide bonds. The van der Waals surface area contributed by atoms with E-state index >= 15 is 0 Å². The lowest BCUT2D eigenvalue weighted by atomic mass is 9.49. The quantitative estimate of drug-likeness (QED) is 0.616. The van der Waals surface area contributed by atoms with Crippen LogP contribution in [0.25, 0.3) is 0 Å². The van der Waals surface area contributed by atoms with Crippen molar-refractivity contribution in [2.45, 2.75) is 71.4 Å². The molecule has 4 aliphatic carbocycles. The molecular formula is C23H33NO4S. The highest BCUT2D eigenvalue weighted by Crippen LogP contribution is 2.60. The molecule has 0 unspecified atom stereocenters. The molecule has 4 saturated carbocycles. The van der Waals surface area contributed by atoms with Gasteiger partial charge in [0.25, 0.3) is 0 Å². The summed E-state index contributed by atoms with van der Waals surface area (Å²) in [7, 11) is -3.53. The summed E-state index contributed by atoms with van der Waals surface area (Å²) in [5.41, 5.74) is 0.863. The minimum absolute atomic E-state index is 0.141. The molecule has 0 aliphatic heterocycles. The van der Waals surface area contributed by atoms with E-state index in [1.54, 1.807) is 12.1 Å². The Morgan fingerprint density at radius 2 is 1.62 bits per heavy atom. The van der Waals surface area contributed by atoms with E-state index in [2.05, 4.69) is 18.7 Å². The van der Waals surface area contributed by atoms with Crippen LogP contribution in [0.3, 0.4) is 0 Å². The van der Waals surface area contributed by atoms with Gasteiger partial charge in [-0.1, -0.05) is 19.1 Å². The average Bonchev–Trinajstić information content (AvgIpc) is 2.64. The Bertz CT molecular complexity index is 826. The summed E-state index contributed by atoms with van der Waals surface area (Å²) in [6.07, 6.45) is 9.18. The van der Waals surface area contributed by atoms with Gasteiger partial charge in [-0.3, -0.25) is 4.79 Å². The van der Waals surface area contributed by atoms with Gasteiger partial charge in [-0.25, -0.2) is 0 Å². The predicted molar refractivity (Wildman–Crippen MR) is 113 cm³/mol. The SMILES string of the molecule is CC[C@@H](C)N(Cc1ccc(OS(C)(=O)=O)cc1)C(=O)C12CC3CC(CC(C3)C1)C2. The number of rotatable bonds is 7. The van der Waals surface area contributed by atoms with Crippen molar-refractivity contribution in [2.75, 3.05) is 6.26 Å². The molecule has 0 heterocycles. The van der Waals surface area contributed by atoms with E-state index < -0.39 is 10.1 Å². The summed E-state index contributed by atoms with van der Waals surface area (Å²) in [4.78, 5) is 16.0. The van der Waals surface area contributed by atoms with Gasteiger partial charge in [0.2, 0.25) is 5.91 Å². The molecule has 1 atom stereocenters. The molecule has 4 fully saturated rings. The van der Waals surface area contributed by atoms with Crippen molar-refractivity contribution in [3.8, 4) is 5.75 Å². The van der Waals surface area contributed by atoms with Crippen molar-refractivity contribution >= 4 is 16.0 Å². The zero-order chi connectivity index (χ0) is 20.8. The lowest BCUT2D eigenvalue weighted by Gasteiger charge is -2.57. The van der Waals surface area contributed by atoms with E-state index in [9.17, 15) is 13.2 Å². The molecule has 1 aromatic carbocycles. The van der Waals surface area contributed by atoms with Crippen LogP contribution < -0.4 is 4.18 Å². The normalized spacial score (nSPS) is 31.5. The third-order valence-corrected chi connectivity index (χ3v) is 7.89. The number of hydrogen-bond donors (Lipinski definition) is 0. The number of carbonyl (C=O) groups excluding carboxylic acids is 1. The second-order valence-corrected chi connectivity index (χ2v) is 11.4. The number of hydrogen-bond acceptors (Lipinski definition) is 4. The van der Waals surface area contributed by atoms with E-state index in [4.69, 9.17) is 4.18 Å². The van der Waals surface area contributed by atoms with Gasteiger partial charge in [0.15, 0.2) is 0 Å². The van der Waals surface area contributed by atoms with E-state index in [1.165, 1.54) is 19.3 Å². The molecule has 0 N–H and O–H groups in total.